The van der Waals surface area contributed by atoms with Crippen LogP contribution in [0.1, 0.15) is 17.1 Å². The van der Waals surface area contributed by atoms with Crippen molar-refractivity contribution >= 4 is 11.3 Å². The second kappa shape index (κ2) is 5.23. The zero-order valence-corrected chi connectivity index (χ0v) is 10.5. The quantitative estimate of drug-likeness (QED) is 0.745. The number of nitrogens with one attached hydrogen (secondary N) is 1. The van der Waals surface area contributed by atoms with E-state index in [1.54, 1.807) is 11.3 Å². The first-order valence-electron chi connectivity index (χ1n) is 5.66. The molecule has 1 aromatic rings. The summed E-state index contributed by atoms with van der Waals surface area (Å²) in [7, 11) is 0. The topological polar surface area (TPSA) is 60.2 Å². The van der Waals surface area contributed by atoms with Crippen molar-refractivity contribution in [2.24, 2.45) is 5.73 Å². The maximum atomic E-state index is 6.14. The van der Waals surface area contributed by atoms with E-state index in [0.717, 1.165) is 37.5 Å². The van der Waals surface area contributed by atoms with Gasteiger partial charge in [0.25, 0.3) is 0 Å². The Morgan fingerprint density at radius 1 is 1.69 bits per heavy atom. The molecule has 0 aliphatic carbocycles. The van der Waals surface area contributed by atoms with E-state index in [4.69, 9.17) is 10.5 Å². The van der Waals surface area contributed by atoms with Gasteiger partial charge in [0.2, 0.25) is 0 Å². The van der Waals surface area contributed by atoms with Crippen molar-refractivity contribution in [3.63, 3.8) is 0 Å². The monoisotopic (exact) mass is 241 g/mol. The summed E-state index contributed by atoms with van der Waals surface area (Å²) in [4.78, 5) is 4.42. The molecule has 2 rings (SSSR count). The van der Waals surface area contributed by atoms with Crippen molar-refractivity contribution in [2.75, 3.05) is 26.3 Å². The van der Waals surface area contributed by atoms with E-state index >= 15 is 0 Å². The second-order valence-corrected chi connectivity index (χ2v) is 5.51. The van der Waals surface area contributed by atoms with Gasteiger partial charge >= 0.3 is 0 Å². The van der Waals surface area contributed by atoms with Crippen LogP contribution in [0.5, 0.6) is 0 Å². The lowest BCUT2D eigenvalue weighted by atomic mass is 10.0. The van der Waals surface area contributed by atoms with Crippen LogP contribution in [0, 0.1) is 6.92 Å². The van der Waals surface area contributed by atoms with Gasteiger partial charge in [-0.1, -0.05) is 0 Å². The molecule has 0 spiro atoms. The Hall–Kier alpha value is -0.490. The lowest BCUT2D eigenvalue weighted by Crippen LogP contribution is -2.49. The van der Waals surface area contributed by atoms with Gasteiger partial charge in [-0.3, -0.25) is 0 Å². The van der Waals surface area contributed by atoms with Crippen LogP contribution in [0.3, 0.4) is 0 Å². The van der Waals surface area contributed by atoms with Crippen molar-refractivity contribution in [2.45, 2.75) is 25.3 Å². The lowest BCUT2D eigenvalue weighted by Gasteiger charge is -2.21. The molecular weight excluding hydrogens is 222 g/mol. The van der Waals surface area contributed by atoms with E-state index in [9.17, 15) is 0 Å². The fourth-order valence-electron chi connectivity index (χ4n) is 1.84. The summed E-state index contributed by atoms with van der Waals surface area (Å²) in [6, 6.07) is 0. The van der Waals surface area contributed by atoms with Crippen LogP contribution in [0.2, 0.25) is 0 Å². The maximum absolute atomic E-state index is 6.14. The number of aromatic nitrogens is 1. The van der Waals surface area contributed by atoms with E-state index in [1.165, 1.54) is 5.69 Å². The zero-order valence-electron chi connectivity index (χ0n) is 9.66. The molecule has 1 aromatic heterocycles. The third kappa shape index (κ3) is 3.25. The Bertz CT molecular complexity index is 334. The van der Waals surface area contributed by atoms with Crippen LogP contribution in [0.15, 0.2) is 5.38 Å². The van der Waals surface area contributed by atoms with E-state index in [1.807, 2.05) is 6.92 Å². The molecule has 0 amide bonds. The Labute approximate surface area is 100 Å². The minimum Gasteiger partial charge on any atom is -0.379 e. The average molecular weight is 241 g/mol. The second-order valence-electron chi connectivity index (χ2n) is 4.45. The summed E-state index contributed by atoms with van der Waals surface area (Å²) in [5, 5.41) is 6.64. The minimum atomic E-state index is -0.155. The third-order valence-electron chi connectivity index (χ3n) is 2.84. The lowest BCUT2D eigenvalue weighted by molar-refractivity contribution is 0.177. The van der Waals surface area contributed by atoms with E-state index in [2.05, 4.69) is 15.7 Å². The molecule has 0 radical (unpaired) electrons. The molecule has 5 heteroatoms. The molecule has 16 heavy (non-hydrogen) atoms. The fourth-order valence-corrected chi connectivity index (χ4v) is 2.49. The fraction of sp³-hybridized carbons (Fsp3) is 0.727. The number of hydrogen-bond donors (Lipinski definition) is 2. The highest BCUT2D eigenvalue weighted by Gasteiger charge is 2.29. The molecule has 4 nitrogen and oxygen atoms in total. The number of hydrogen-bond acceptors (Lipinski definition) is 5. The van der Waals surface area contributed by atoms with Crippen LogP contribution < -0.4 is 11.1 Å². The van der Waals surface area contributed by atoms with Gasteiger partial charge in [-0.25, -0.2) is 4.98 Å². The van der Waals surface area contributed by atoms with Crippen molar-refractivity contribution in [3.8, 4) is 0 Å². The number of rotatable bonds is 5. The molecule has 1 atom stereocenters. The standard InChI is InChI=1S/C11H19N3OS/c1-9-14-10(6-16-9)2-4-13-7-11(12)3-5-15-8-11/h6,13H,2-5,7-8,12H2,1H3. The van der Waals surface area contributed by atoms with Gasteiger partial charge in [-0.15, -0.1) is 11.3 Å². The van der Waals surface area contributed by atoms with Crippen molar-refractivity contribution in [3.05, 3.63) is 16.1 Å². The van der Waals surface area contributed by atoms with Gasteiger partial charge in [-0.2, -0.15) is 0 Å². The van der Waals surface area contributed by atoms with Gasteiger partial charge in [0, 0.05) is 31.5 Å². The summed E-state index contributed by atoms with van der Waals surface area (Å²) in [6.45, 7) is 5.27. The van der Waals surface area contributed by atoms with E-state index < -0.39 is 0 Å². The number of nitrogens with two attached hydrogens (primary N) is 1. The van der Waals surface area contributed by atoms with Gasteiger partial charge < -0.3 is 15.8 Å². The minimum absolute atomic E-state index is 0.155. The number of ether oxygens (including phenoxy) is 1. The zero-order chi connectivity index (χ0) is 11.4. The third-order valence-corrected chi connectivity index (χ3v) is 3.66. The summed E-state index contributed by atoms with van der Waals surface area (Å²) >= 11 is 1.70. The molecule has 0 bridgehead atoms. The summed E-state index contributed by atoms with van der Waals surface area (Å²) < 4.78 is 5.30. The molecule has 3 N–H and O–H groups in total. The van der Waals surface area contributed by atoms with E-state index in [0.29, 0.717) is 6.61 Å². The summed E-state index contributed by atoms with van der Waals surface area (Å²) in [5.41, 5.74) is 7.16. The highest BCUT2D eigenvalue weighted by Crippen LogP contribution is 2.14. The largest absolute Gasteiger partial charge is 0.379 e. The summed E-state index contributed by atoms with van der Waals surface area (Å²) in [5.74, 6) is 0. The van der Waals surface area contributed by atoms with Crippen LogP contribution >= 0.6 is 11.3 Å². The van der Waals surface area contributed by atoms with Crippen molar-refractivity contribution in [1.29, 1.82) is 0 Å². The van der Waals surface area contributed by atoms with Gasteiger partial charge in [-0.05, 0) is 13.3 Å². The molecule has 0 saturated carbocycles. The Morgan fingerprint density at radius 3 is 3.19 bits per heavy atom. The molecule has 90 valence electrons. The smallest absolute Gasteiger partial charge is 0.0897 e. The SMILES string of the molecule is Cc1nc(CCNCC2(N)CCOC2)cs1. The molecule has 1 aliphatic rings. The van der Waals surface area contributed by atoms with Gasteiger partial charge in [0.1, 0.15) is 0 Å². The van der Waals surface area contributed by atoms with Crippen LogP contribution in [-0.2, 0) is 11.2 Å². The molecule has 1 unspecified atom stereocenters. The predicted molar refractivity (Wildman–Crippen MR) is 65.8 cm³/mol. The molecule has 2 heterocycles. The van der Waals surface area contributed by atoms with Crippen LogP contribution in [0.25, 0.3) is 0 Å². The molecule has 0 aromatic carbocycles. The maximum Gasteiger partial charge on any atom is 0.0897 e. The molecule has 1 fully saturated rings. The summed E-state index contributed by atoms with van der Waals surface area (Å²) in [6.07, 6.45) is 1.93. The molecule has 1 aliphatic heterocycles. The van der Waals surface area contributed by atoms with Crippen molar-refractivity contribution in [1.82, 2.24) is 10.3 Å². The first-order chi connectivity index (χ1) is 7.68. The first kappa shape index (κ1) is 12.0. The number of nitrogens with zero attached hydrogens (tertiary/aromatic N) is 1. The first-order valence-corrected chi connectivity index (χ1v) is 6.54. The molecule has 1 saturated heterocycles. The van der Waals surface area contributed by atoms with Crippen LogP contribution in [0.4, 0.5) is 0 Å². The Morgan fingerprint density at radius 2 is 2.56 bits per heavy atom. The predicted octanol–water partition coefficient (Wildman–Crippen LogP) is 0.701. The highest BCUT2D eigenvalue weighted by molar-refractivity contribution is 7.09. The highest BCUT2D eigenvalue weighted by atomic mass is 32.1. The van der Waals surface area contributed by atoms with Crippen LogP contribution in [-0.4, -0.2) is 36.8 Å². The van der Waals surface area contributed by atoms with E-state index in [-0.39, 0.29) is 5.54 Å². The Balaban J connectivity index is 1.65. The van der Waals surface area contributed by atoms with Gasteiger partial charge in [0.15, 0.2) is 0 Å². The normalized spacial score (nSPS) is 25.1. The van der Waals surface area contributed by atoms with Gasteiger partial charge in [0.05, 0.1) is 22.8 Å². The average Bonchev–Trinajstić information content (AvgIpc) is 2.84. The molecular formula is C11H19N3OS. The van der Waals surface area contributed by atoms with Crippen molar-refractivity contribution < 1.29 is 4.74 Å². The Kier molecular flexibility index (Phi) is 3.91. The number of thiazole rings is 1. The number of aryl methyl sites for hydroxylation is 1.